The fraction of sp³-hybridized carbons (Fsp3) is 0.429. The number of nitrogens with zero attached hydrogens (tertiary/aromatic N) is 2. The van der Waals surface area contributed by atoms with E-state index in [0.717, 1.165) is 25.7 Å². The number of aryl methyl sites for hydroxylation is 2. The van der Waals surface area contributed by atoms with Gasteiger partial charge in [0.25, 0.3) is 0 Å². The van der Waals surface area contributed by atoms with Crippen LogP contribution in [0, 0.1) is 34.5 Å². The summed E-state index contributed by atoms with van der Waals surface area (Å²) in [4.78, 5) is 0. The molecule has 0 fully saturated rings. The Morgan fingerprint density at radius 3 is 1.84 bits per heavy atom. The molecule has 0 atom stereocenters. The Labute approximate surface area is 225 Å². The van der Waals surface area contributed by atoms with Crippen LogP contribution in [0.3, 0.4) is 0 Å². The predicted octanol–water partition coefficient (Wildman–Crippen LogP) is 9.45. The van der Waals surface area contributed by atoms with Gasteiger partial charge in [-0.25, -0.2) is 0 Å². The number of rotatable bonds is 11. The normalized spacial score (nSPS) is 11.2. The summed E-state index contributed by atoms with van der Waals surface area (Å²) >= 11 is 0. The van der Waals surface area contributed by atoms with E-state index in [9.17, 15) is 0 Å². The molecule has 0 saturated heterocycles. The van der Waals surface area contributed by atoms with Crippen molar-refractivity contribution in [3.63, 3.8) is 0 Å². The van der Waals surface area contributed by atoms with Crippen LogP contribution >= 0.6 is 0 Å². The van der Waals surface area contributed by atoms with E-state index < -0.39 is 0 Å². The highest BCUT2D eigenvalue weighted by Gasteiger charge is 2.15. The minimum absolute atomic E-state index is 0.394. The molecule has 3 aromatic rings. The molecule has 0 aliphatic carbocycles. The molecule has 0 saturated carbocycles. The maximum absolute atomic E-state index is 9.11. The van der Waals surface area contributed by atoms with Gasteiger partial charge in [-0.15, -0.1) is 0 Å². The highest BCUT2D eigenvalue weighted by atomic mass is 14.2. The van der Waals surface area contributed by atoms with Crippen LogP contribution in [0.4, 0.5) is 0 Å². The first-order valence-corrected chi connectivity index (χ1v) is 13.9. The quantitative estimate of drug-likeness (QED) is 0.269. The Morgan fingerprint density at radius 1 is 0.595 bits per heavy atom. The number of hydrogen-bond acceptors (Lipinski definition) is 2. The van der Waals surface area contributed by atoms with Crippen LogP contribution in [-0.4, -0.2) is 0 Å². The zero-order chi connectivity index (χ0) is 26.9. The minimum atomic E-state index is 0.394. The SMILES string of the molecule is CC(C)Cc1cc(-c2ccc(-c3ccc(CCC#N)cc3CC(C)C)cc2C(C)C)ccc1CCC#N. The number of nitriles is 2. The Morgan fingerprint density at radius 2 is 1.19 bits per heavy atom. The summed E-state index contributed by atoms with van der Waals surface area (Å²) in [5.74, 6) is 1.52. The molecule has 3 rings (SSSR count). The number of hydrogen-bond donors (Lipinski definition) is 0. The van der Waals surface area contributed by atoms with Gasteiger partial charge in [0.15, 0.2) is 0 Å². The largest absolute Gasteiger partial charge is 0.198 e. The maximum Gasteiger partial charge on any atom is 0.0625 e. The minimum Gasteiger partial charge on any atom is -0.198 e. The molecular formula is C35H42N2. The smallest absolute Gasteiger partial charge is 0.0625 e. The van der Waals surface area contributed by atoms with Crippen molar-refractivity contribution in [2.45, 2.75) is 86.0 Å². The topological polar surface area (TPSA) is 47.6 Å². The van der Waals surface area contributed by atoms with Crippen LogP contribution in [0.2, 0.25) is 0 Å². The van der Waals surface area contributed by atoms with Crippen molar-refractivity contribution in [2.75, 3.05) is 0 Å². The van der Waals surface area contributed by atoms with Crippen LogP contribution in [0.15, 0.2) is 54.6 Å². The second-order valence-corrected chi connectivity index (χ2v) is 11.4. The molecule has 2 heteroatoms. The average molecular weight is 491 g/mol. The highest BCUT2D eigenvalue weighted by molar-refractivity contribution is 5.76. The maximum atomic E-state index is 9.11. The van der Waals surface area contributed by atoms with Crippen molar-refractivity contribution in [1.29, 1.82) is 10.5 Å². The average Bonchev–Trinajstić information content (AvgIpc) is 2.85. The lowest BCUT2D eigenvalue weighted by atomic mass is 9.85. The molecule has 3 aromatic carbocycles. The van der Waals surface area contributed by atoms with Gasteiger partial charge in [0.2, 0.25) is 0 Å². The Bertz CT molecular complexity index is 1280. The molecule has 0 heterocycles. The van der Waals surface area contributed by atoms with Crippen molar-refractivity contribution >= 4 is 0 Å². The van der Waals surface area contributed by atoms with E-state index in [4.69, 9.17) is 10.5 Å². The summed E-state index contributed by atoms with van der Waals surface area (Å²) in [6.07, 6.45) is 4.79. The lowest BCUT2D eigenvalue weighted by Crippen LogP contribution is -2.02. The van der Waals surface area contributed by atoms with Crippen molar-refractivity contribution < 1.29 is 0 Å². The van der Waals surface area contributed by atoms with Gasteiger partial charge in [0.05, 0.1) is 12.1 Å². The van der Waals surface area contributed by atoms with E-state index in [1.54, 1.807) is 0 Å². The third kappa shape index (κ3) is 7.57. The van der Waals surface area contributed by atoms with E-state index in [0.29, 0.717) is 30.6 Å². The monoisotopic (exact) mass is 490 g/mol. The highest BCUT2D eigenvalue weighted by Crippen LogP contribution is 2.36. The van der Waals surface area contributed by atoms with Gasteiger partial charge in [-0.1, -0.05) is 96.1 Å². The molecule has 0 spiro atoms. The van der Waals surface area contributed by atoms with E-state index in [1.165, 1.54) is 50.1 Å². The van der Waals surface area contributed by atoms with Crippen molar-refractivity contribution in [2.24, 2.45) is 11.8 Å². The van der Waals surface area contributed by atoms with Crippen molar-refractivity contribution in [1.82, 2.24) is 0 Å². The molecule has 0 unspecified atom stereocenters. The molecule has 192 valence electrons. The fourth-order valence-corrected chi connectivity index (χ4v) is 5.22. The van der Waals surface area contributed by atoms with Gasteiger partial charge in [0, 0.05) is 12.8 Å². The van der Waals surface area contributed by atoms with E-state index in [1.807, 2.05) is 0 Å². The van der Waals surface area contributed by atoms with Gasteiger partial charge < -0.3 is 0 Å². The second kappa shape index (κ2) is 13.3. The third-order valence-corrected chi connectivity index (χ3v) is 6.96. The zero-order valence-corrected chi connectivity index (χ0v) is 23.6. The van der Waals surface area contributed by atoms with Crippen LogP contribution in [0.25, 0.3) is 22.3 Å². The Kier molecular flexibility index (Phi) is 10.1. The third-order valence-electron chi connectivity index (χ3n) is 6.96. The molecule has 37 heavy (non-hydrogen) atoms. The first-order chi connectivity index (χ1) is 17.7. The molecule has 0 aliphatic rings. The molecule has 0 bridgehead atoms. The first kappa shape index (κ1) is 28.2. The molecule has 0 aromatic heterocycles. The summed E-state index contributed by atoms with van der Waals surface area (Å²) in [5.41, 5.74) is 11.8. The lowest BCUT2D eigenvalue weighted by molar-refractivity contribution is 0.642. The van der Waals surface area contributed by atoms with Gasteiger partial charge in [-0.2, -0.15) is 10.5 Å². The molecule has 0 radical (unpaired) electrons. The Hall–Kier alpha value is -3.36. The summed E-state index contributed by atoms with van der Waals surface area (Å²) in [5, 5.41) is 18.1. The molecule has 0 amide bonds. The fourth-order valence-electron chi connectivity index (χ4n) is 5.22. The summed E-state index contributed by atoms with van der Waals surface area (Å²) in [6, 6.07) is 25.2. The van der Waals surface area contributed by atoms with E-state index >= 15 is 0 Å². The van der Waals surface area contributed by atoms with Gasteiger partial charge >= 0.3 is 0 Å². The van der Waals surface area contributed by atoms with Gasteiger partial charge in [-0.05, 0) is 93.5 Å². The predicted molar refractivity (Wildman–Crippen MR) is 156 cm³/mol. The Balaban J connectivity index is 2.08. The van der Waals surface area contributed by atoms with Crippen LogP contribution < -0.4 is 0 Å². The molecular weight excluding hydrogens is 448 g/mol. The van der Waals surface area contributed by atoms with E-state index in [2.05, 4.69) is 108 Å². The zero-order valence-electron chi connectivity index (χ0n) is 23.6. The standard InChI is InChI=1S/C35H42N2/c1-24(2)19-31-22-29(13-12-28(31)10-8-18-37)34-16-14-30(23-35(34)26(5)6)33-15-11-27(9-7-17-36)21-32(33)20-25(3)4/h11-16,21-26H,7-10,19-20H2,1-6H3. The molecule has 2 nitrogen and oxygen atoms in total. The second-order valence-electron chi connectivity index (χ2n) is 11.4. The van der Waals surface area contributed by atoms with Crippen molar-refractivity contribution in [3.8, 4) is 34.4 Å². The summed E-state index contributed by atoms with van der Waals surface area (Å²) in [7, 11) is 0. The van der Waals surface area contributed by atoms with Gasteiger partial charge in [0.1, 0.15) is 0 Å². The van der Waals surface area contributed by atoms with Crippen molar-refractivity contribution in [3.05, 3.63) is 82.4 Å². The summed E-state index contributed by atoms with van der Waals surface area (Å²) < 4.78 is 0. The number of benzene rings is 3. The first-order valence-electron chi connectivity index (χ1n) is 13.9. The van der Waals surface area contributed by atoms with Crippen LogP contribution in [0.1, 0.15) is 88.1 Å². The van der Waals surface area contributed by atoms with Crippen LogP contribution in [0.5, 0.6) is 0 Å². The van der Waals surface area contributed by atoms with E-state index in [-0.39, 0.29) is 0 Å². The van der Waals surface area contributed by atoms with Gasteiger partial charge in [-0.3, -0.25) is 0 Å². The molecule has 0 N–H and O–H groups in total. The molecule has 0 aliphatic heterocycles. The lowest BCUT2D eigenvalue weighted by Gasteiger charge is -2.20. The summed E-state index contributed by atoms with van der Waals surface area (Å²) in [6.45, 7) is 13.6. The van der Waals surface area contributed by atoms with Crippen LogP contribution in [-0.2, 0) is 25.7 Å².